The molecule has 5 heteroatoms. The van der Waals surface area contributed by atoms with Crippen molar-refractivity contribution in [2.45, 2.75) is 26.7 Å². The van der Waals surface area contributed by atoms with Crippen molar-refractivity contribution in [2.24, 2.45) is 10.4 Å². The van der Waals surface area contributed by atoms with Crippen LogP contribution >= 0.6 is 11.6 Å². The molecule has 0 aromatic carbocycles. The number of carbonyl (C=O) groups excluding carboxylic acids is 1. The summed E-state index contributed by atoms with van der Waals surface area (Å²) in [6, 6.07) is 3.31. The van der Waals surface area contributed by atoms with Crippen LogP contribution in [-0.4, -0.2) is 22.1 Å². The van der Waals surface area contributed by atoms with E-state index in [-0.39, 0.29) is 22.5 Å². The maximum Gasteiger partial charge on any atom is 0.168 e. The van der Waals surface area contributed by atoms with Gasteiger partial charge in [-0.25, -0.2) is 4.98 Å². The van der Waals surface area contributed by atoms with E-state index in [0.717, 1.165) is 0 Å². The molecule has 1 N–H and O–H groups in total. The van der Waals surface area contributed by atoms with Crippen LogP contribution in [0.15, 0.2) is 34.7 Å². The minimum atomic E-state index is -0.194. The molecule has 1 aromatic rings. The second-order valence-corrected chi connectivity index (χ2v) is 5.79. The molecule has 0 saturated heterocycles. The molecule has 0 fully saturated rings. The van der Waals surface area contributed by atoms with Crippen LogP contribution in [0.25, 0.3) is 0 Å². The van der Waals surface area contributed by atoms with Gasteiger partial charge in [-0.1, -0.05) is 25.4 Å². The highest BCUT2D eigenvalue weighted by Crippen LogP contribution is 2.35. The summed E-state index contributed by atoms with van der Waals surface area (Å²) in [5.74, 6) is 0.0198. The van der Waals surface area contributed by atoms with Gasteiger partial charge in [-0.05, 0) is 17.5 Å². The molecule has 19 heavy (non-hydrogen) atoms. The Bertz CT molecular complexity index is 559. The lowest BCUT2D eigenvalue weighted by Crippen LogP contribution is -2.26. The molecule has 0 spiro atoms. The number of hydrogen-bond donors (Lipinski definition) is 1. The third kappa shape index (κ3) is 3.41. The number of halogens is 1. The van der Waals surface area contributed by atoms with Gasteiger partial charge >= 0.3 is 0 Å². The first kappa shape index (κ1) is 13.7. The van der Waals surface area contributed by atoms with Gasteiger partial charge in [-0.3, -0.25) is 9.79 Å². The molecule has 0 radical (unpaired) electrons. The summed E-state index contributed by atoms with van der Waals surface area (Å²) < 4.78 is 0. The number of aromatic nitrogens is 1. The average Bonchev–Trinajstić information content (AvgIpc) is 2.29. The van der Waals surface area contributed by atoms with Crippen LogP contribution < -0.4 is 0 Å². The molecule has 100 valence electrons. The number of hydrogen-bond acceptors (Lipinski definition) is 4. The van der Waals surface area contributed by atoms with Crippen molar-refractivity contribution >= 4 is 29.3 Å². The molecule has 0 atom stereocenters. The Balaban J connectivity index is 2.23. The van der Waals surface area contributed by atoms with E-state index in [9.17, 15) is 9.90 Å². The Kier molecular flexibility index (Phi) is 3.71. The van der Waals surface area contributed by atoms with E-state index >= 15 is 0 Å². The van der Waals surface area contributed by atoms with Gasteiger partial charge in [-0.2, -0.15) is 0 Å². The number of rotatable bonds is 2. The molecule has 1 heterocycles. The van der Waals surface area contributed by atoms with Crippen LogP contribution in [0.1, 0.15) is 26.7 Å². The van der Waals surface area contributed by atoms with Crippen molar-refractivity contribution in [3.8, 4) is 0 Å². The highest BCUT2D eigenvalue weighted by atomic mass is 35.5. The minimum Gasteiger partial charge on any atom is -0.511 e. The van der Waals surface area contributed by atoms with Crippen molar-refractivity contribution in [1.82, 2.24) is 4.98 Å². The predicted molar refractivity (Wildman–Crippen MR) is 75.1 cm³/mol. The first-order chi connectivity index (χ1) is 8.87. The number of Topliss-reactive ketones (excluding diaryl/α,β-unsaturated/α-hetero) is 1. The number of carbonyl (C=O) groups is 1. The first-order valence-electron chi connectivity index (χ1n) is 5.98. The van der Waals surface area contributed by atoms with E-state index < -0.39 is 0 Å². The zero-order chi connectivity index (χ0) is 14.0. The summed E-state index contributed by atoms with van der Waals surface area (Å²) in [7, 11) is 0. The van der Waals surface area contributed by atoms with Crippen LogP contribution in [0.3, 0.4) is 0 Å². The summed E-state index contributed by atoms with van der Waals surface area (Å²) in [6.07, 6.45) is 3.81. The van der Waals surface area contributed by atoms with Crippen LogP contribution in [0.4, 0.5) is 5.69 Å². The molecule has 1 aliphatic carbocycles. The minimum absolute atomic E-state index is 0.0839. The zero-order valence-corrected chi connectivity index (χ0v) is 11.6. The van der Waals surface area contributed by atoms with Crippen LogP contribution in [0, 0.1) is 5.41 Å². The van der Waals surface area contributed by atoms with Gasteiger partial charge < -0.3 is 5.11 Å². The van der Waals surface area contributed by atoms with Gasteiger partial charge in [-0.15, -0.1) is 0 Å². The quantitative estimate of drug-likeness (QED) is 0.663. The average molecular weight is 279 g/mol. The lowest BCUT2D eigenvalue weighted by Gasteiger charge is -2.28. The van der Waals surface area contributed by atoms with Gasteiger partial charge in [0.05, 0.1) is 17.5 Å². The van der Waals surface area contributed by atoms with E-state index in [4.69, 9.17) is 11.6 Å². The summed E-state index contributed by atoms with van der Waals surface area (Å²) in [6.45, 7) is 3.91. The van der Waals surface area contributed by atoms with Crippen molar-refractivity contribution in [3.63, 3.8) is 0 Å². The fourth-order valence-corrected chi connectivity index (χ4v) is 2.14. The predicted octanol–water partition coefficient (Wildman–Crippen LogP) is 3.64. The maximum absolute atomic E-state index is 11.9. The molecular weight excluding hydrogens is 264 g/mol. The molecule has 0 saturated carbocycles. The molecule has 4 nitrogen and oxygen atoms in total. The summed E-state index contributed by atoms with van der Waals surface area (Å²) >= 11 is 5.67. The highest BCUT2D eigenvalue weighted by Gasteiger charge is 2.32. The standard InChI is InChI=1S/C14H15ClN2O2/c1-14(2)5-11(18)10(12(19)6-14)8-16-9-3-4-13(15)17-7-9/h3-4,7-8,18H,5-6H2,1-2H3. The third-order valence-electron chi connectivity index (χ3n) is 2.95. The van der Waals surface area contributed by atoms with Crippen molar-refractivity contribution < 1.29 is 9.90 Å². The summed E-state index contributed by atoms with van der Waals surface area (Å²) in [5, 5.41) is 10.3. The van der Waals surface area contributed by atoms with Crippen molar-refractivity contribution in [1.29, 1.82) is 0 Å². The number of nitrogens with zero attached hydrogens (tertiary/aromatic N) is 2. The maximum atomic E-state index is 11.9. The smallest absolute Gasteiger partial charge is 0.168 e. The van der Waals surface area contributed by atoms with Crippen molar-refractivity contribution in [2.75, 3.05) is 0 Å². The molecule has 1 aliphatic rings. The van der Waals surface area contributed by atoms with Crippen molar-refractivity contribution in [3.05, 3.63) is 34.8 Å². The van der Waals surface area contributed by atoms with Crippen LogP contribution in [0.5, 0.6) is 0 Å². The molecule has 0 aliphatic heterocycles. The highest BCUT2D eigenvalue weighted by molar-refractivity contribution is 6.29. The molecule has 0 unspecified atom stereocenters. The Morgan fingerprint density at radius 2 is 2.16 bits per heavy atom. The lowest BCUT2D eigenvalue weighted by molar-refractivity contribution is -0.117. The molecule has 1 aromatic heterocycles. The Morgan fingerprint density at radius 3 is 2.74 bits per heavy atom. The van der Waals surface area contributed by atoms with E-state index in [0.29, 0.717) is 23.7 Å². The second-order valence-electron chi connectivity index (χ2n) is 5.40. The Labute approximate surface area is 116 Å². The van der Waals surface area contributed by atoms with Crippen LogP contribution in [-0.2, 0) is 4.79 Å². The van der Waals surface area contributed by atoms with Crippen LogP contribution in [0.2, 0.25) is 5.15 Å². The van der Waals surface area contributed by atoms with Gasteiger partial charge in [0.1, 0.15) is 10.9 Å². The fraction of sp³-hybridized carbons (Fsp3) is 0.357. The zero-order valence-electron chi connectivity index (χ0n) is 10.9. The molecule has 0 amide bonds. The van der Waals surface area contributed by atoms with E-state index in [1.165, 1.54) is 12.4 Å². The van der Waals surface area contributed by atoms with E-state index in [1.54, 1.807) is 12.1 Å². The molecule has 0 bridgehead atoms. The lowest BCUT2D eigenvalue weighted by atomic mass is 9.77. The number of pyridine rings is 1. The SMILES string of the molecule is CC1(C)CC(=O)C(C=Nc2ccc(Cl)nc2)=C(O)C1. The third-order valence-corrected chi connectivity index (χ3v) is 3.17. The Morgan fingerprint density at radius 1 is 1.42 bits per heavy atom. The summed E-state index contributed by atoms with van der Waals surface area (Å²) in [4.78, 5) is 20.0. The Hall–Kier alpha value is -1.68. The number of aliphatic hydroxyl groups excluding tert-OH is 1. The second kappa shape index (κ2) is 5.13. The first-order valence-corrected chi connectivity index (χ1v) is 6.36. The fourth-order valence-electron chi connectivity index (χ4n) is 2.03. The van der Waals surface area contributed by atoms with Gasteiger partial charge in [0, 0.05) is 19.1 Å². The van der Waals surface area contributed by atoms with Gasteiger partial charge in [0.25, 0.3) is 0 Å². The monoisotopic (exact) mass is 278 g/mol. The number of aliphatic hydroxyl groups is 1. The van der Waals surface area contributed by atoms with E-state index in [1.807, 2.05) is 13.8 Å². The topological polar surface area (TPSA) is 62.5 Å². The largest absolute Gasteiger partial charge is 0.511 e. The number of ketones is 1. The molecular formula is C14H15ClN2O2. The van der Waals surface area contributed by atoms with Gasteiger partial charge in [0.2, 0.25) is 0 Å². The number of allylic oxidation sites excluding steroid dienone is 2. The molecule has 2 rings (SSSR count). The number of aliphatic imine (C=N–C) groups is 1. The van der Waals surface area contributed by atoms with Gasteiger partial charge in [0.15, 0.2) is 5.78 Å². The summed E-state index contributed by atoms with van der Waals surface area (Å²) in [5.41, 5.74) is 0.678. The van der Waals surface area contributed by atoms with E-state index in [2.05, 4.69) is 9.98 Å². The normalized spacial score (nSPS) is 19.2.